The summed E-state index contributed by atoms with van der Waals surface area (Å²) in [4.78, 5) is 26.9. The summed E-state index contributed by atoms with van der Waals surface area (Å²) in [6, 6.07) is 9.92. The molecule has 1 N–H and O–H groups in total. The van der Waals surface area contributed by atoms with Crippen molar-refractivity contribution >= 4 is 38.3 Å². The van der Waals surface area contributed by atoms with Crippen LogP contribution in [0.4, 0.5) is 10.8 Å². The fraction of sp³-hybridized carbons (Fsp3) is 0.176. The van der Waals surface area contributed by atoms with Gasteiger partial charge in [0.25, 0.3) is 11.6 Å². The molecule has 1 amide bonds. The largest absolute Gasteiger partial charge is 0.497 e. The smallest absolute Gasteiger partial charge is 0.276 e. The van der Waals surface area contributed by atoms with Crippen LogP contribution < -0.4 is 14.8 Å². The van der Waals surface area contributed by atoms with Gasteiger partial charge in [0, 0.05) is 6.07 Å². The monoisotopic (exact) mass is 373 g/mol. The van der Waals surface area contributed by atoms with Crippen LogP contribution in [0.25, 0.3) is 10.2 Å². The van der Waals surface area contributed by atoms with Gasteiger partial charge in [-0.15, -0.1) is 0 Å². The maximum atomic E-state index is 12.1. The van der Waals surface area contributed by atoms with Crippen LogP contribution in [0.1, 0.15) is 5.56 Å². The molecule has 3 aromatic rings. The molecule has 0 unspecified atom stereocenters. The average molecular weight is 373 g/mol. The third kappa shape index (κ3) is 3.72. The number of methoxy groups -OCH3 is 1. The Hall–Kier alpha value is -3.20. The Bertz CT molecular complexity index is 986. The van der Waals surface area contributed by atoms with Crippen LogP contribution in [0.15, 0.2) is 36.4 Å². The van der Waals surface area contributed by atoms with Gasteiger partial charge in [-0.1, -0.05) is 17.4 Å². The molecule has 0 saturated heterocycles. The summed E-state index contributed by atoms with van der Waals surface area (Å²) in [6.07, 6.45) is 0. The van der Waals surface area contributed by atoms with Crippen molar-refractivity contribution in [2.24, 2.45) is 0 Å². The van der Waals surface area contributed by atoms with Crippen molar-refractivity contribution in [3.63, 3.8) is 0 Å². The van der Waals surface area contributed by atoms with E-state index in [2.05, 4.69) is 10.3 Å². The number of anilines is 1. The first-order chi connectivity index (χ1) is 12.5. The zero-order valence-corrected chi connectivity index (χ0v) is 14.8. The van der Waals surface area contributed by atoms with Crippen LogP contribution in [0.3, 0.4) is 0 Å². The second-order valence-corrected chi connectivity index (χ2v) is 6.38. The number of fused-ring (bicyclic) bond motifs is 1. The molecule has 1 aromatic heterocycles. The zero-order valence-electron chi connectivity index (χ0n) is 14.0. The van der Waals surface area contributed by atoms with E-state index in [9.17, 15) is 14.9 Å². The average Bonchev–Trinajstić information content (AvgIpc) is 3.01. The number of benzene rings is 2. The van der Waals surface area contributed by atoms with Crippen molar-refractivity contribution in [2.75, 3.05) is 19.0 Å². The summed E-state index contributed by atoms with van der Waals surface area (Å²) in [6.45, 7) is 1.30. The standard InChI is InChI=1S/C17H15N3O5S/c1-10-13(20(22)23)4-3-5-14(10)25-9-16(21)19-17-18-12-7-6-11(24-2)8-15(12)26-17/h3-8H,9H2,1-2H3,(H,18,19,21). The van der Waals surface area contributed by atoms with E-state index in [-0.39, 0.29) is 12.3 Å². The van der Waals surface area contributed by atoms with E-state index in [0.29, 0.717) is 22.2 Å². The third-order valence-corrected chi connectivity index (χ3v) is 4.59. The van der Waals surface area contributed by atoms with Gasteiger partial charge in [-0.05, 0) is 31.2 Å². The first-order valence-electron chi connectivity index (χ1n) is 7.59. The summed E-state index contributed by atoms with van der Waals surface area (Å²) in [5, 5.41) is 14.0. The Kier molecular flexibility index (Phi) is 4.99. The number of hydrogen-bond acceptors (Lipinski definition) is 7. The van der Waals surface area contributed by atoms with Crippen molar-refractivity contribution < 1.29 is 19.2 Å². The van der Waals surface area contributed by atoms with Gasteiger partial charge in [0.15, 0.2) is 11.7 Å². The summed E-state index contributed by atoms with van der Waals surface area (Å²) in [7, 11) is 1.58. The molecule has 0 saturated carbocycles. The lowest BCUT2D eigenvalue weighted by Gasteiger charge is -2.08. The van der Waals surface area contributed by atoms with Crippen molar-refractivity contribution in [1.29, 1.82) is 0 Å². The van der Waals surface area contributed by atoms with E-state index in [1.807, 2.05) is 12.1 Å². The molecule has 0 radical (unpaired) electrons. The van der Waals surface area contributed by atoms with Crippen molar-refractivity contribution in [3.05, 3.63) is 52.1 Å². The number of nitro groups is 1. The fourth-order valence-corrected chi connectivity index (χ4v) is 3.25. The van der Waals surface area contributed by atoms with E-state index in [1.165, 1.54) is 23.5 Å². The summed E-state index contributed by atoms with van der Waals surface area (Å²) < 4.78 is 11.5. The van der Waals surface area contributed by atoms with E-state index < -0.39 is 10.8 Å². The molecule has 0 spiro atoms. The molecule has 134 valence electrons. The van der Waals surface area contributed by atoms with E-state index >= 15 is 0 Å². The van der Waals surface area contributed by atoms with Crippen LogP contribution in [-0.4, -0.2) is 29.5 Å². The zero-order chi connectivity index (χ0) is 18.7. The SMILES string of the molecule is COc1ccc2nc(NC(=O)COc3cccc([N+](=O)[O-])c3C)sc2c1. The number of nitrogens with one attached hydrogen (secondary N) is 1. The van der Waals surface area contributed by atoms with Gasteiger partial charge in [-0.25, -0.2) is 4.98 Å². The number of ether oxygens (including phenoxy) is 2. The number of aromatic nitrogens is 1. The number of hydrogen-bond donors (Lipinski definition) is 1. The summed E-state index contributed by atoms with van der Waals surface area (Å²) in [5.74, 6) is 0.605. The number of nitrogens with zero attached hydrogens (tertiary/aromatic N) is 2. The molecule has 0 fully saturated rings. The third-order valence-electron chi connectivity index (χ3n) is 3.65. The molecule has 9 heteroatoms. The van der Waals surface area contributed by atoms with E-state index in [4.69, 9.17) is 9.47 Å². The second kappa shape index (κ2) is 7.36. The normalized spacial score (nSPS) is 10.5. The van der Waals surface area contributed by atoms with Crippen LogP contribution in [0.5, 0.6) is 11.5 Å². The second-order valence-electron chi connectivity index (χ2n) is 5.35. The maximum absolute atomic E-state index is 12.1. The Morgan fingerprint density at radius 2 is 2.15 bits per heavy atom. The lowest BCUT2D eigenvalue weighted by Crippen LogP contribution is -2.20. The predicted octanol–water partition coefficient (Wildman–Crippen LogP) is 3.54. The molecule has 0 atom stereocenters. The minimum absolute atomic E-state index is 0.0528. The van der Waals surface area contributed by atoms with Gasteiger partial charge >= 0.3 is 0 Å². The molecule has 0 aliphatic carbocycles. The molecule has 2 aromatic carbocycles. The number of rotatable bonds is 6. The maximum Gasteiger partial charge on any atom is 0.276 e. The first-order valence-corrected chi connectivity index (χ1v) is 8.41. The topological polar surface area (TPSA) is 104 Å². The Labute approximate surface area is 152 Å². The van der Waals surface area contributed by atoms with Crippen LogP contribution >= 0.6 is 11.3 Å². The van der Waals surface area contributed by atoms with Crippen LogP contribution in [-0.2, 0) is 4.79 Å². The highest BCUT2D eigenvalue weighted by Crippen LogP contribution is 2.29. The predicted molar refractivity (Wildman–Crippen MR) is 98.1 cm³/mol. The molecule has 0 aliphatic heterocycles. The number of carbonyl (C=O) groups is 1. The van der Waals surface area contributed by atoms with Gasteiger partial charge < -0.3 is 9.47 Å². The highest BCUT2D eigenvalue weighted by Gasteiger charge is 2.15. The highest BCUT2D eigenvalue weighted by molar-refractivity contribution is 7.22. The number of nitro benzene ring substituents is 1. The Balaban J connectivity index is 1.66. The highest BCUT2D eigenvalue weighted by atomic mass is 32.1. The Morgan fingerprint density at radius 1 is 1.35 bits per heavy atom. The molecule has 1 heterocycles. The van der Waals surface area contributed by atoms with Crippen LogP contribution in [0, 0.1) is 17.0 Å². The molecule has 26 heavy (non-hydrogen) atoms. The summed E-state index contributed by atoms with van der Waals surface area (Å²) in [5.41, 5.74) is 1.07. The molecule has 3 rings (SSSR count). The van der Waals surface area contributed by atoms with Gasteiger partial charge in [0.1, 0.15) is 11.5 Å². The van der Waals surface area contributed by atoms with Crippen LogP contribution in [0.2, 0.25) is 0 Å². The number of carbonyl (C=O) groups excluding carboxylic acids is 1. The molecule has 0 aliphatic rings. The molecule has 0 bridgehead atoms. The van der Waals surface area contributed by atoms with Crippen molar-refractivity contribution in [1.82, 2.24) is 4.98 Å². The van der Waals surface area contributed by atoms with E-state index in [0.717, 1.165) is 10.2 Å². The van der Waals surface area contributed by atoms with Crippen molar-refractivity contribution in [3.8, 4) is 11.5 Å². The Morgan fingerprint density at radius 3 is 2.88 bits per heavy atom. The van der Waals surface area contributed by atoms with Gasteiger partial charge in [0.2, 0.25) is 0 Å². The lowest BCUT2D eigenvalue weighted by atomic mass is 10.2. The lowest BCUT2D eigenvalue weighted by molar-refractivity contribution is -0.385. The fourth-order valence-electron chi connectivity index (χ4n) is 2.34. The number of amides is 1. The molecule has 8 nitrogen and oxygen atoms in total. The quantitative estimate of drug-likeness (QED) is 0.523. The van der Waals surface area contributed by atoms with Crippen molar-refractivity contribution in [2.45, 2.75) is 6.92 Å². The summed E-state index contributed by atoms with van der Waals surface area (Å²) >= 11 is 1.32. The van der Waals surface area contributed by atoms with Gasteiger partial charge in [-0.2, -0.15) is 0 Å². The molecular weight excluding hydrogens is 358 g/mol. The van der Waals surface area contributed by atoms with Gasteiger partial charge in [0.05, 0.1) is 27.8 Å². The minimum Gasteiger partial charge on any atom is -0.497 e. The molecular formula is C17H15N3O5S. The van der Waals surface area contributed by atoms with E-state index in [1.54, 1.807) is 26.2 Å². The first kappa shape index (κ1) is 17.6. The number of thiazole rings is 1. The van der Waals surface area contributed by atoms with Gasteiger partial charge in [-0.3, -0.25) is 20.2 Å². The minimum atomic E-state index is -0.488.